The number of carbonyl (C=O) groups is 5. The monoisotopic (exact) mass is 614 g/mol. The first-order valence-corrected chi connectivity index (χ1v) is 16.5. The van der Waals surface area contributed by atoms with Crippen molar-refractivity contribution < 1.29 is 28.7 Å². The van der Waals surface area contributed by atoms with Crippen molar-refractivity contribution in [2.45, 2.75) is 142 Å². The summed E-state index contributed by atoms with van der Waals surface area (Å²) in [6, 6.07) is 2.29. The molecule has 10 heteroatoms. The molecule has 0 bridgehead atoms. The van der Waals surface area contributed by atoms with E-state index < -0.39 is 35.2 Å². The molecule has 0 spiro atoms. The molecule has 1 aliphatic rings. The van der Waals surface area contributed by atoms with Gasteiger partial charge in [0.05, 0.1) is 12.8 Å². The third-order valence-corrected chi connectivity index (χ3v) is 8.03. The van der Waals surface area contributed by atoms with Crippen LogP contribution >= 0.6 is 0 Å². The topological polar surface area (TPSA) is 134 Å². The fraction of sp³-hybridized carbons (Fsp3) is 0.676. The number of ether oxygens (including phenoxy) is 1. The minimum absolute atomic E-state index is 0.134. The first kappa shape index (κ1) is 36.8. The van der Waals surface area contributed by atoms with Crippen LogP contribution in [0.1, 0.15) is 130 Å². The Morgan fingerprint density at radius 3 is 1.82 bits per heavy atom. The lowest BCUT2D eigenvalue weighted by Crippen LogP contribution is -2.52. The van der Waals surface area contributed by atoms with Crippen molar-refractivity contribution in [3.63, 3.8) is 0 Å². The Kier molecular flexibility index (Phi) is 15.9. The predicted molar refractivity (Wildman–Crippen MR) is 174 cm³/mol. The van der Waals surface area contributed by atoms with Crippen molar-refractivity contribution >= 4 is 40.9 Å². The number of amides is 5. The first-order valence-electron chi connectivity index (χ1n) is 16.5. The molecule has 1 aromatic carbocycles. The van der Waals surface area contributed by atoms with E-state index in [1.165, 1.54) is 104 Å². The molecule has 1 saturated heterocycles. The number of hydrogen-bond donors (Lipinski definition) is 3. The van der Waals surface area contributed by atoms with Gasteiger partial charge in [-0.3, -0.25) is 19.2 Å². The van der Waals surface area contributed by atoms with Crippen LogP contribution in [0.15, 0.2) is 18.2 Å². The van der Waals surface area contributed by atoms with Gasteiger partial charge in [-0.2, -0.15) is 0 Å². The normalized spacial score (nSPS) is 14.7. The van der Waals surface area contributed by atoms with Gasteiger partial charge in [-0.15, -0.1) is 0 Å². The van der Waals surface area contributed by atoms with Crippen LogP contribution in [-0.4, -0.2) is 53.1 Å². The number of nitrogens with one attached hydrogen (secondary N) is 3. The molecule has 2 rings (SSSR count). The average molecular weight is 615 g/mol. The van der Waals surface area contributed by atoms with Crippen LogP contribution in [0.3, 0.4) is 0 Å². The van der Waals surface area contributed by atoms with Gasteiger partial charge in [-0.05, 0) is 45.4 Å². The molecular weight excluding hydrogens is 560 g/mol. The molecule has 1 fully saturated rings. The van der Waals surface area contributed by atoms with E-state index in [-0.39, 0.29) is 11.6 Å². The Morgan fingerprint density at radius 1 is 0.841 bits per heavy atom. The number of hydrogen-bond acceptors (Lipinski definition) is 6. The average Bonchev–Trinajstić information content (AvgIpc) is 3.16. The van der Waals surface area contributed by atoms with E-state index in [0.717, 1.165) is 26.2 Å². The minimum atomic E-state index is -1.66. The number of unbranched alkanes of at least 4 members (excludes halogenated alkanes) is 14. The highest BCUT2D eigenvalue weighted by molar-refractivity contribution is 6.19. The van der Waals surface area contributed by atoms with Crippen LogP contribution in [0.25, 0.3) is 0 Å². The summed E-state index contributed by atoms with van der Waals surface area (Å²) in [5, 5.41) is 7.92. The van der Waals surface area contributed by atoms with E-state index in [0.29, 0.717) is 22.8 Å². The molecule has 44 heavy (non-hydrogen) atoms. The van der Waals surface area contributed by atoms with Crippen molar-refractivity contribution in [2.24, 2.45) is 0 Å². The highest BCUT2D eigenvalue weighted by Gasteiger charge is 2.50. The second-order valence-electron chi connectivity index (χ2n) is 12.4. The van der Waals surface area contributed by atoms with Gasteiger partial charge in [-0.1, -0.05) is 96.8 Å². The van der Waals surface area contributed by atoms with E-state index in [2.05, 4.69) is 22.9 Å². The van der Waals surface area contributed by atoms with Crippen LogP contribution in [0.2, 0.25) is 0 Å². The number of Topliss-reactive ketones (excluding diaryl/α,β-unsaturated/α-hetero) is 1. The Morgan fingerprint density at radius 2 is 1.36 bits per heavy atom. The molecule has 1 aliphatic heterocycles. The molecule has 0 aromatic heterocycles. The molecule has 1 unspecified atom stereocenters. The molecule has 1 aromatic rings. The lowest BCUT2D eigenvalue weighted by Gasteiger charge is -2.23. The third-order valence-electron chi connectivity index (χ3n) is 8.03. The summed E-state index contributed by atoms with van der Waals surface area (Å²) < 4.78 is 5.34. The second-order valence-corrected chi connectivity index (χ2v) is 12.4. The SMILES string of the molecule is CCCCCCCCCCCCCCCCCC(=O)Nc1ccc(OC)c(NC(=O)C(C(C)=O)N2C(=O)NC(C)(C)C2=O)c1. The smallest absolute Gasteiger partial charge is 0.326 e. The number of imide groups is 1. The van der Waals surface area contributed by atoms with E-state index in [4.69, 9.17) is 4.74 Å². The van der Waals surface area contributed by atoms with Gasteiger partial charge in [-0.25, -0.2) is 9.69 Å². The fourth-order valence-electron chi connectivity index (χ4n) is 5.46. The zero-order valence-corrected chi connectivity index (χ0v) is 27.5. The van der Waals surface area contributed by atoms with Crippen LogP contribution in [-0.2, 0) is 19.2 Å². The number of carbonyl (C=O) groups excluding carboxylic acids is 5. The van der Waals surface area contributed by atoms with Gasteiger partial charge in [0, 0.05) is 12.1 Å². The van der Waals surface area contributed by atoms with Crippen LogP contribution in [0.4, 0.5) is 16.2 Å². The molecule has 1 atom stereocenters. The van der Waals surface area contributed by atoms with E-state index in [1.807, 2.05) is 0 Å². The summed E-state index contributed by atoms with van der Waals surface area (Å²) in [4.78, 5) is 63.9. The standard InChI is InChI=1S/C34H54N4O6/c1-6-7-8-9-10-11-12-13-14-15-16-17-18-19-20-21-29(40)35-26-22-23-28(44-5)27(24-26)36-31(41)30(25(2)39)38-32(42)34(3,4)37-33(38)43/h22-24,30H,6-21H2,1-5H3,(H,35,40)(H,36,41)(H,37,43). The maximum Gasteiger partial charge on any atom is 0.326 e. The minimum Gasteiger partial charge on any atom is -0.495 e. The molecule has 5 amide bonds. The Hall–Kier alpha value is -3.43. The van der Waals surface area contributed by atoms with Crippen molar-refractivity contribution in [2.75, 3.05) is 17.7 Å². The summed E-state index contributed by atoms with van der Waals surface area (Å²) in [5.41, 5.74) is -0.595. The molecule has 1 heterocycles. The van der Waals surface area contributed by atoms with Crippen molar-refractivity contribution in [3.05, 3.63) is 18.2 Å². The van der Waals surface area contributed by atoms with Gasteiger partial charge >= 0.3 is 6.03 Å². The number of anilines is 2. The number of nitrogens with zero attached hydrogens (tertiary/aromatic N) is 1. The zero-order chi connectivity index (χ0) is 32.5. The van der Waals surface area contributed by atoms with Crippen LogP contribution in [0, 0.1) is 0 Å². The number of ketones is 1. The molecule has 10 nitrogen and oxygen atoms in total. The lowest BCUT2D eigenvalue weighted by atomic mass is 10.0. The van der Waals surface area contributed by atoms with Gasteiger partial charge in [0.25, 0.3) is 11.8 Å². The lowest BCUT2D eigenvalue weighted by molar-refractivity contribution is -0.141. The van der Waals surface area contributed by atoms with E-state index in [9.17, 15) is 24.0 Å². The maximum absolute atomic E-state index is 13.2. The third kappa shape index (κ3) is 11.9. The Balaban J connectivity index is 1.74. The number of rotatable bonds is 22. The van der Waals surface area contributed by atoms with Crippen molar-refractivity contribution in [1.29, 1.82) is 0 Å². The maximum atomic E-state index is 13.2. The Bertz CT molecular complexity index is 1120. The van der Waals surface area contributed by atoms with Gasteiger partial charge in [0.2, 0.25) is 5.91 Å². The van der Waals surface area contributed by atoms with Gasteiger partial charge in [0.1, 0.15) is 11.3 Å². The molecular formula is C34H54N4O6. The second kappa shape index (κ2) is 19.1. The highest BCUT2D eigenvalue weighted by atomic mass is 16.5. The van der Waals surface area contributed by atoms with Gasteiger partial charge in [0.15, 0.2) is 11.8 Å². The van der Waals surface area contributed by atoms with Crippen molar-refractivity contribution in [1.82, 2.24) is 10.2 Å². The highest BCUT2D eigenvalue weighted by Crippen LogP contribution is 2.29. The fourth-order valence-corrected chi connectivity index (χ4v) is 5.46. The molecule has 3 N–H and O–H groups in total. The first-order chi connectivity index (χ1) is 21.0. The molecule has 0 saturated carbocycles. The van der Waals surface area contributed by atoms with Gasteiger partial charge < -0.3 is 20.7 Å². The summed E-state index contributed by atoms with van der Waals surface area (Å²) in [5.74, 6) is -2.05. The van der Waals surface area contributed by atoms with Crippen LogP contribution in [0.5, 0.6) is 5.75 Å². The molecule has 0 aliphatic carbocycles. The molecule has 0 radical (unpaired) electrons. The Labute approximate surface area is 263 Å². The largest absolute Gasteiger partial charge is 0.495 e. The summed E-state index contributed by atoms with van der Waals surface area (Å²) in [7, 11) is 1.42. The quantitative estimate of drug-likeness (QED) is 0.0723. The number of benzene rings is 1. The summed E-state index contributed by atoms with van der Waals surface area (Å²) in [6.07, 6.45) is 19.3. The summed E-state index contributed by atoms with van der Waals surface area (Å²) in [6.45, 7) is 6.39. The van der Waals surface area contributed by atoms with Crippen molar-refractivity contribution in [3.8, 4) is 5.75 Å². The zero-order valence-electron chi connectivity index (χ0n) is 27.5. The van der Waals surface area contributed by atoms with E-state index in [1.54, 1.807) is 12.1 Å². The van der Waals surface area contributed by atoms with E-state index >= 15 is 0 Å². The summed E-state index contributed by atoms with van der Waals surface area (Å²) >= 11 is 0. The number of urea groups is 1. The molecule has 246 valence electrons. The predicted octanol–water partition coefficient (Wildman–Crippen LogP) is 7.12. The van der Waals surface area contributed by atoms with Crippen LogP contribution < -0.4 is 20.7 Å². The number of methoxy groups -OCH3 is 1.